The highest BCUT2D eigenvalue weighted by Gasteiger charge is 2.13. The van der Waals surface area contributed by atoms with Gasteiger partial charge in [-0.15, -0.1) is 0 Å². The summed E-state index contributed by atoms with van der Waals surface area (Å²) < 4.78 is 0.595. The minimum atomic E-state index is -0.466. The number of hydrogen-bond donors (Lipinski definition) is 2. The second-order valence-electron chi connectivity index (χ2n) is 3.08. The second-order valence-corrected chi connectivity index (χ2v) is 3.94. The van der Waals surface area contributed by atoms with Crippen LogP contribution >= 0.6 is 15.9 Å². The summed E-state index contributed by atoms with van der Waals surface area (Å²) in [4.78, 5) is 10.0. The smallest absolute Gasteiger partial charge is 0.270 e. The van der Waals surface area contributed by atoms with Gasteiger partial charge in [0.15, 0.2) is 0 Å². The number of aliphatic hydroxyl groups excluding tert-OH is 1. The molecule has 0 aliphatic carbocycles. The summed E-state index contributed by atoms with van der Waals surface area (Å²) >= 11 is 3.22. The van der Waals surface area contributed by atoms with Crippen LogP contribution in [-0.2, 0) is 0 Å². The van der Waals surface area contributed by atoms with Crippen molar-refractivity contribution in [3.05, 3.63) is 38.3 Å². The number of nitro groups is 1. The van der Waals surface area contributed by atoms with E-state index in [-0.39, 0.29) is 18.3 Å². The molecular formula is C9H11BrN2O3. The zero-order chi connectivity index (χ0) is 11.4. The Bertz CT molecular complexity index is 370. The summed E-state index contributed by atoms with van der Waals surface area (Å²) in [5, 5.41) is 19.2. The van der Waals surface area contributed by atoms with Gasteiger partial charge in [-0.25, -0.2) is 0 Å². The first-order chi connectivity index (χ1) is 7.06. The Morgan fingerprint density at radius 2 is 2.27 bits per heavy atom. The zero-order valence-electron chi connectivity index (χ0n) is 7.89. The van der Waals surface area contributed by atoms with Gasteiger partial charge in [-0.3, -0.25) is 10.1 Å². The normalized spacial score (nSPS) is 12.5. The van der Waals surface area contributed by atoms with Gasteiger partial charge in [0.25, 0.3) is 5.69 Å². The second kappa shape index (κ2) is 5.20. The van der Waals surface area contributed by atoms with E-state index in [1.807, 2.05) is 0 Å². The van der Waals surface area contributed by atoms with Gasteiger partial charge in [0, 0.05) is 29.3 Å². The molecule has 3 N–H and O–H groups in total. The van der Waals surface area contributed by atoms with Crippen LogP contribution < -0.4 is 5.73 Å². The Morgan fingerprint density at radius 3 is 2.73 bits per heavy atom. The van der Waals surface area contributed by atoms with E-state index in [9.17, 15) is 10.1 Å². The Balaban J connectivity index is 2.97. The number of benzene rings is 1. The number of nitrogens with zero attached hydrogens (tertiary/aromatic N) is 1. The number of aliphatic hydroxyl groups is 1. The molecule has 0 bridgehead atoms. The van der Waals surface area contributed by atoms with Crippen LogP contribution in [0.15, 0.2) is 22.7 Å². The van der Waals surface area contributed by atoms with E-state index in [0.29, 0.717) is 10.9 Å². The minimum absolute atomic E-state index is 0.00933. The van der Waals surface area contributed by atoms with Crippen LogP contribution in [0.5, 0.6) is 0 Å². The Hall–Kier alpha value is -0.980. The first kappa shape index (κ1) is 12.1. The van der Waals surface area contributed by atoms with E-state index < -0.39 is 4.92 Å². The van der Waals surface area contributed by atoms with E-state index in [1.165, 1.54) is 12.1 Å². The fourth-order valence-electron chi connectivity index (χ4n) is 1.22. The summed E-state index contributed by atoms with van der Waals surface area (Å²) in [6.07, 6.45) is 0.427. The third-order valence-corrected chi connectivity index (χ3v) is 2.72. The molecule has 0 spiro atoms. The molecule has 0 fully saturated rings. The molecule has 0 aromatic heterocycles. The summed E-state index contributed by atoms with van der Waals surface area (Å²) in [6, 6.07) is 4.09. The van der Waals surface area contributed by atoms with Crippen LogP contribution in [0.25, 0.3) is 0 Å². The molecule has 1 aromatic carbocycles. The van der Waals surface area contributed by atoms with Gasteiger partial charge in [0.05, 0.1) is 4.92 Å². The molecule has 5 nitrogen and oxygen atoms in total. The molecule has 0 aliphatic heterocycles. The Labute approximate surface area is 95.2 Å². The van der Waals surface area contributed by atoms with Gasteiger partial charge < -0.3 is 10.8 Å². The maximum Gasteiger partial charge on any atom is 0.270 e. The first-order valence-corrected chi connectivity index (χ1v) is 5.16. The van der Waals surface area contributed by atoms with Gasteiger partial charge in [0.2, 0.25) is 0 Å². The average Bonchev–Trinajstić information content (AvgIpc) is 2.17. The van der Waals surface area contributed by atoms with Crippen LogP contribution in [0.4, 0.5) is 5.69 Å². The number of halogens is 1. The number of nitrogens with two attached hydrogens (primary N) is 1. The predicted octanol–water partition coefficient (Wildman–Crippen LogP) is 1.74. The maximum atomic E-state index is 10.5. The van der Waals surface area contributed by atoms with Gasteiger partial charge >= 0.3 is 0 Å². The minimum Gasteiger partial charge on any atom is -0.396 e. The molecule has 1 aromatic rings. The van der Waals surface area contributed by atoms with E-state index in [0.717, 1.165) is 5.56 Å². The molecule has 0 amide bonds. The van der Waals surface area contributed by atoms with Crippen molar-refractivity contribution in [2.45, 2.75) is 12.5 Å². The zero-order valence-corrected chi connectivity index (χ0v) is 9.48. The van der Waals surface area contributed by atoms with Crippen LogP contribution in [0.3, 0.4) is 0 Å². The summed E-state index contributed by atoms with van der Waals surface area (Å²) in [5.74, 6) is 0. The molecular weight excluding hydrogens is 264 g/mol. The lowest BCUT2D eigenvalue weighted by atomic mass is 10.0. The topological polar surface area (TPSA) is 89.4 Å². The highest BCUT2D eigenvalue weighted by molar-refractivity contribution is 9.10. The van der Waals surface area contributed by atoms with Crippen molar-refractivity contribution < 1.29 is 10.0 Å². The number of hydrogen-bond acceptors (Lipinski definition) is 4. The van der Waals surface area contributed by atoms with E-state index in [2.05, 4.69) is 15.9 Å². The molecule has 0 radical (unpaired) electrons. The van der Waals surface area contributed by atoms with E-state index in [4.69, 9.17) is 10.8 Å². The Kier molecular flexibility index (Phi) is 4.19. The van der Waals surface area contributed by atoms with Crippen molar-refractivity contribution >= 4 is 21.6 Å². The fraction of sp³-hybridized carbons (Fsp3) is 0.333. The molecule has 82 valence electrons. The molecule has 0 saturated heterocycles. The van der Waals surface area contributed by atoms with Crippen molar-refractivity contribution in [2.24, 2.45) is 5.73 Å². The SMILES string of the molecule is NC(CCO)c1ccc([N+](=O)[O-])cc1Br. The lowest BCUT2D eigenvalue weighted by molar-refractivity contribution is -0.384. The van der Waals surface area contributed by atoms with Gasteiger partial charge in [-0.1, -0.05) is 15.9 Å². The van der Waals surface area contributed by atoms with Crippen molar-refractivity contribution in [2.75, 3.05) is 6.61 Å². The maximum absolute atomic E-state index is 10.5. The monoisotopic (exact) mass is 274 g/mol. The standard InChI is InChI=1S/C9H11BrN2O3/c10-8-5-6(12(14)15)1-2-7(8)9(11)3-4-13/h1-2,5,9,13H,3-4,11H2. The molecule has 0 saturated carbocycles. The fourth-order valence-corrected chi connectivity index (χ4v) is 1.89. The van der Waals surface area contributed by atoms with Crippen molar-refractivity contribution in [3.63, 3.8) is 0 Å². The third kappa shape index (κ3) is 2.98. The van der Waals surface area contributed by atoms with Crippen molar-refractivity contribution in [1.29, 1.82) is 0 Å². The molecule has 6 heteroatoms. The quantitative estimate of drug-likeness (QED) is 0.647. The molecule has 15 heavy (non-hydrogen) atoms. The Morgan fingerprint density at radius 1 is 1.60 bits per heavy atom. The number of non-ortho nitro benzene ring substituents is 1. The van der Waals surface area contributed by atoms with Crippen LogP contribution in [0, 0.1) is 10.1 Å². The highest BCUT2D eigenvalue weighted by atomic mass is 79.9. The lowest BCUT2D eigenvalue weighted by Gasteiger charge is -2.11. The van der Waals surface area contributed by atoms with E-state index in [1.54, 1.807) is 6.07 Å². The van der Waals surface area contributed by atoms with Crippen LogP contribution in [0.1, 0.15) is 18.0 Å². The molecule has 1 atom stereocenters. The summed E-state index contributed by atoms with van der Waals surface area (Å²) in [7, 11) is 0. The predicted molar refractivity (Wildman–Crippen MR) is 59.4 cm³/mol. The molecule has 0 aliphatic rings. The van der Waals surface area contributed by atoms with Gasteiger partial charge in [-0.05, 0) is 18.1 Å². The molecule has 1 unspecified atom stereocenters. The van der Waals surface area contributed by atoms with Crippen molar-refractivity contribution in [3.8, 4) is 0 Å². The number of rotatable bonds is 4. The summed E-state index contributed by atoms with van der Waals surface area (Å²) in [6.45, 7) is -0.00933. The van der Waals surface area contributed by atoms with Crippen molar-refractivity contribution in [1.82, 2.24) is 0 Å². The average molecular weight is 275 g/mol. The van der Waals surface area contributed by atoms with Gasteiger partial charge in [0.1, 0.15) is 0 Å². The summed E-state index contributed by atoms with van der Waals surface area (Å²) in [5.41, 5.74) is 6.55. The third-order valence-electron chi connectivity index (χ3n) is 2.03. The molecule has 0 heterocycles. The largest absolute Gasteiger partial charge is 0.396 e. The highest BCUT2D eigenvalue weighted by Crippen LogP contribution is 2.27. The molecule has 1 rings (SSSR count). The van der Waals surface area contributed by atoms with Crippen LogP contribution in [-0.4, -0.2) is 16.6 Å². The lowest BCUT2D eigenvalue weighted by Crippen LogP contribution is -2.12. The number of nitro benzene ring substituents is 1. The van der Waals surface area contributed by atoms with Crippen LogP contribution in [0.2, 0.25) is 0 Å². The van der Waals surface area contributed by atoms with E-state index >= 15 is 0 Å². The first-order valence-electron chi connectivity index (χ1n) is 4.36. The van der Waals surface area contributed by atoms with Gasteiger partial charge in [-0.2, -0.15) is 0 Å².